The van der Waals surface area contributed by atoms with E-state index >= 15 is 0 Å². The van der Waals surface area contributed by atoms with Gasteiger partial charge in [0.25, 0.3) is 0 Å². The smallest absolute Gasteiger partial charge is 0.0944 e. The molecule has 0 spiro atoms. The Kier molecular flexibility index (Phi) is 5.05. The number of anilines is 1. The van der Waals surface area contributed by atoms with Gasteiger partial charge in [0, 0.05) is 35.4 Å². The maximum absolute atomic E-state index is 4.58. The molecule has 1 fully saturated rings. The monoisotopic (exact) mass is 316 g/mol. The van der Waals surface area contributed by atoms with Gasteiger partial charge in [-0.1, -0.05) is 19.3 Å². The van der Waals surface area contributed by atoms with E-state index < -0.39 is 0 Å². The summed E-state index contributed by atoms with van der Waals surface area (Å²) < 4.78 is 5.00. The summed E-state index contributed by atoms with van der Waals surface area (Å²) in [5.41, 5.74) is 3.41. The molecule has 118 valence electrons. The SMILES string of the molecule is CNSc1ccc(NC2CCCCC2)c(-c2ccn(C)n2)c1. The molecule has 1 saturated carbocycles. The molecule has 1 aromatic carbocycles. The van der Waals surface area contributed by atoms with Crippen molar-refractivity contribution in [2.75, 3.05) is 12.4 Å². The van der Waals surface area contributed by atoms with Gasteiger partial charge in [-0.05, 0) is 56.1 Å². The predicted molar refractivity (Wildman–Crippen MR) is 94.1 cm³/mol. The Bertz CT molecular complexity index is 617. The van der Waals surface area contributed by atoms with Crippen LogP contribution < -0.4 is 10.0 Å². The maximum Gasteiger partial charge on any atom is 0.0944 e. The van der Waals surface area contributed by atoms with Gasteiger partial charge in [-0.25, -0.2) is 0 Å². The highest BCUT2D eigenvalue weighted by Gasteiger charge is 2.16. The Labute approximate surface area is 136 Å². The first-order chi connectivity index (χ1) is 10.8. The summed E-state index contributed by atoms with van der Waals surface area (Å²) >= 11 is 1.63. The van der Waals surface area contributed by atoms with Gasteiger partial charge < -0.3 is 5.32 Å². The third-order valence-electron chi connectivity index (χ3n) is 4.17. The molecule has 5 heteroatoms. The first-order valence-electron chi connectivity index (χ1n) is 8.00. The fourth-order valence-electron chi connectivity index (χ4n) is 3.07. The topological polar surface area (TPSA) is 41.9 Å². The van der Waals surface area contributed by atoms with Crippen LogP contribution >= 0.6 is 11.9 Å². The number of benzene rings is 1. The summed E-state index contributed by atoms with van der Waals surface area (Å²) in [5.74, 6) is 0. The van der Waals surface area contributed by atoms with Gasteiger partial charge in [0.15, 0.2) is 0 Å². The van der Waals surface area contributed by atoms with Crippen molar-refractivity contribution in [1.29, 1.82) is 0 Å². The molecular formula is C17H24N4S. The fraction of sp³-hybridized carbons (Fsp3) is 0.471. The highest BCUT2D eigenvalue weighted by molar-refractivity contribution is 7.97. The van der Waals surface area contributed by atoms with Gasteiger partial charge in [0.1, 0.15) is 0 Å². The van der Waals surface area contributed by atoms with Crippen molar-refractivity contribution in [3.05, 3.63) is 30.5 Å². The first-order valence-corrected chi connectivity index (χ1v) is 8.82. The average Bonchev–Trinajstić information content (AvgIpc) is 2.96. The van der Waals surface area contributed by atoms with E-state index in [0.29, 0.717) is 6.04 Å². The molecule has 2 aromatic rings. The van der Waals surface area contributed by atoms with E-state index in [4.69, 9.17) is 0 Å². The van der Waals surface area contributed by atoms with Crippen LogP contribution in [0.4, 0.5) is 5.69 Å². The van der Waals surface area contributed by atoms with E-state index in [0.717, 1.165) is 5.69 Å². The van der Waals surface area contributed by atoms with Crippen LogP contribution in [0, 0.1) is 0 Å². The zero-order chi connectivity index (χ0) is 15.4. The summed E-state index contributed by atoms with van der Waals surface area (Å²) in [6.07, 6.45) is 8.60. The Hall–Kier alpha value is -1.46. The lowest BCUT2D eigenvalue weighted by atomic mass is 9.95. The van der Waals surface area contributed by atoms with Gasteiger partial charge in [0.05, 0.1) is 5.69 Å². The van der Waals surface area contributed by atoms with Crippen LogP contribution in [0.5, 0.6) is 0 Å². The minimum absolute atomic E-state index is 0.596. The molecule has 22 heavy (non-hydrogen) atoms. The number of aromatic nitrogens is 2. The minimum Gasteiger partial charge on any atom is -0.382 e. The van der Waals surface area contributed by atoms with Crippen molar-refractivity contribution in [1.82, 2.24) is 14.5 Å². The van der Waals surface area contributed by atoms with Crippen LogP contribution in [0.1, 0.15) is 32.1 Å². The van der Waals surface area contributed by atoms with E-state index in [-0.39, 0.29) is 0 Å². The molecule has 1 aliphatic rings. The summed E-state index contributed by atoms with van der Waals surface area (Å²) in [6.45, 7) is 0. The third-order valence-corrected chi connectivity index (χ3v) is 4.86. The van der Waals surface area contributed by atoms with Crippen LogP contribution in [0.15, 0.2) is 35.4 Å². The summed E-state index contributed by atoms with van der Waals surface area (Å²) in [7, 11) is 3.91. The molecule has 1 heterocycles. The fourth-order valence-corrected chi connectivity index (χ4v) is 3.62. The van der Waals surface area contributed by atoms with Crippen molar-refractivity contribution in [2.24, 2.45) is 7.05 Å². The van der Waals surface area contributed by atoms with E-state index in [1.165, 1.54) is 48.3 Å². The summed E-state index contributed by atoms with van der Waals surface area (Å²) in [5, 5.41) is 8.33. The molecule has 2 N–H and O–H groups in total. The van der Waals surface area contributed by atoms with Gasteiger partial charge in [0.2, 0.25) is 0 Å². The Morgan fingerprint density at radius 3 is 2.68 bits per heavy atom. The van der Waals surface area contributed by atoms with Crippen LogP contribution in [-0.2, 0) is 7.05 Å². The summed E-state index contributed by atoms with van der Waals surface area (Å²) in [4.78, 5) is 1.21. The van der Waals surface area contributed by atoms with Crippen molar-refractivity contribution < 1.29 is 0 Å². The molecule has 0 unspecified atom stereocenters. The van der Waals surface area contributed by atoms with Gasteiger partial charge in [-0.3, -0.25) is 9.40 Å². The molecule has 0 amide bonds. The molecule has 1 aliphatic carbocycles. The molecule has 4 nitrogen and oxygen atoms in total. The van der Waals surface area contributed by atoms with Crippen molar-refractivity contribution in [2.45, 2.75) is 43.0 Å². The molecule has 0 bridgehead atoms. The van der Waals surface area contributed by atoms with E-state index in [1.54, 1.807) is 11.9 Å². The Morgan fingerprint density at radius 1 is 1.18 bits per heavy atom. The zero-order valence-electron chi connectivity index (χ0n) is 13.3. The summed E-state index contributed by atoms with van der Waals surface area (Å²) in [6, 6.07) is 9.25. The Morgan fingerprint density at radius 2 is 2.00 bits per heavy atom. The molecule has 0 aliphatic heterocycles. The van der Waals surface area contributed by atoms with E-state index in [2.05, 4.69) is 39.4 Å². The van der Waals surface area contributed by atoms with Crippen LogP contribution in [0.2, 0.25) is 0 Å². The van der Waals surface area contributed by atoms with Crippen molar-refractivity contribution >= 4 is 17.6 Å². The lowest BCUT2D eigenvalue weighted by molar-refractivity contribution is 0.463. The molecular weight excluding hydrogens is 292 g/mol. The minimum atomic E-state index is 0.596. The molecule has 0 radical (unpaired) electrons. The second kappa shape index (κ2) is 7.20. The first kappa shape index (κ1) is 15.4. The maximum atomic E-state index is 4.58. The predicted octanol–water partition coefficient (Wildman–Crippen LogP) is 4.06. The lowest BCUT2D eigenvalue weighted by Gasteiger charge is -2.25. The number of hydrogen-bond donors (Lipinski definition) is 2. The normalized spacial score (nSPS) is 15.9. The molecule has 0 saturated heterocycles. The number of aryl methyl sites for hydroxylation is 1. The van der Waals surface area contributed by atoms with Crippen molar-refractivity contribution in [3.8, 4) is 11.3 Å². The standard InChI is InChI=1S/C17H24N4S/c1-18-22-14-8-9-16(19-13-6-4-3-5-7-13)15(12-14)17-10-11-21(2)20-17/h8-13,18-19H,3-7H2,1-2H3. The number of rotatable bonds is 5. The van der Waals surface area contributed by atoms with Gasteiger partial charge in [-0.2, -0.15) is 5.10 Å². The number of hydrogen-bond acceptors (Lipinski definition) is 4. The molecule has 0 atom stereocenters. The van der Waals surface area contributed by atoms with E-state index in [9.17, 15) is 0 Å². The largest absolute Gasteiger partial charge is 0.382 e. The average molecular weight is 316 g/mol. The third kappa shape index (κ3) is 3.65. The van der Waals surface area contributed by atoms with Gasteiger partial charge >= 0.3 is 0 Å². The molecule has 3 rings (SSSR count). The van der Waals surface area contributed by atoms with Crippen LogP contribution in [0.25, 0.3) is 11.3 Å². The highest BCUT2D eigenvalue weighted by atomic mass is 32.2. The zero-order valence-corrected chi connectivity index (χ0v) is 14.1. The van der Waals surface area contributed by atoms with Gasteiger partial charge in [-0.15, -0.1) is 0 Å². The highest BCUT2D eigenvalue weighted by Crippen LogP contribution is 2.32. The van der Waals surface area contributed by atoms with E-state index in [1.807, 2.05) is 25.0 Å². The quantitative estimate of drug-likeness (QED) is 0.816. The lowest BCUT2D eigenvalue weighted by Crippen LogP contribution is -2.22. The number of nitrogens with one attached hydrogen (secondary N) is 2. The second-order valence-corrected chi connectivity index (χ2v) is 6.95. The van der Waals surface area contributed by atoms with Crippen LogP contribution in [-0.4, -0.2) is 22.9 Å². The second-order valence-electron chi connectivity index (χ2n) is 5.87. The van der Waals surface area contributed by atoms with Crippen molar-refractivity contribution in [3.63, 3.8) is 0 Å². The number of nitrogens with zero attached hydrogens (tertiary/aromatic N) is 2. The van der Waals surface area contributed by atoms with Crippen LogP contribution in [0.3, 0.4) is 0 Å². The molecule has 1 aromatic heterocycles. The Balaban J connectivity index is 1.89.